The van der Waals surface area contributed by atoms with Crippen LogP contribution in [0.2, 0.25) is 16.6 Å². The Bertz CT molecular complexity index is 661. The van der Waals surface area contributed by atoms with Crippen molar-refractivity contribution in [1.82, 2.24) is 0 Å². The van der Waals surface area contributed by atoms with Gasteiger partial charge in [-0.1, -0.05) is 47.6 Å². The molecule has 0 radical (unpaired) electrons. The third-order valence-corrected chi connectivity index (χ3v) is 14.2. The molecule has 3 aliphatic rings. The van der Waals surface area contributed by atoms with Gasteiger partial charge in [0.2, 0.25) is 8.32 Å². The van der Waals surface area contributed by atoms with E-state index in [4.69, 9.17) is 4.43 Å². The van der Waals surface area contributed by atoms with Crippen molar-refractivity contribution in [3.63, 3.8) is 0 Å². The average molecular weight is 375 g/mol. The molecule has 1 nitrogen and oxygen atoms in total. The second-order valence-corrected chi connectivity index (χ2v) is 15.5. The molecular formula is C23H35FOSi. The Morgan fingerprint density at radius 1 is 0.923 bits per heavy atom. The molecule has 0 aromatic heterocycles. The van der Waals surface area contributed by atoms with Crippen LogP contribution in [-0.2, 0) is 4.43 Å². The minimum atomic E-state index is -1.96. The molecule has 0 N–H and O–H groups in total. The Labute approximate surface area is 159 Å². The lowest BCUT2D eigenvalue weighted by molar-refractivity contribution is 0.0848. The fourth-order valence-corrected chi connectivity index (χ4v) is 12.8. The molecule has 2 saturated carbocycles. The minimum Gasteiger partial charge on any atom is -0.409 e. The summed E-state index contributed by atoms with van der Waals surface area (Å²) in [6, 6.07) is 5.54. The van der Waals surface area contributed by atoms with Crippen LogP contribution in [-0.4, -0.2) is 8.32 Å². The topological polar surface area (TPSA) is 9.23 Å². The first-order chi connectivity index (χ1) is 12.3. The Kier molecular flexibility index (Phi) is 4.63. The van der Waals surface area contributed by atoms with Crippen LogP contribution in [0.15, 0.2) is 18.2 Å². The summed E-state index contributed by atoms with van der Waals surface area (Å²) in [5, 5.41) is 0. The number of hydrogen-bond acceptors (Lipinski definition) is 1. The van der Waals surface area contributed by atoms with Crippen molar-refractivity contribution in [2.24, 2.45) is 17.8 Å². The standard InChI is InChI=1S/C23H35FOSi/c1-13(2)26(14(3)4,15(5)6)25-23-19-10-9-18(24)12-20(19)21-16-7-8-17(11-16)22(21)23/h9-10,12-17,21-23H,7-8,11H2,1-6H3/t16-,17?,21?,22+,23-/m0/s1. The SMILES string of the molecule is CC(C)[Si](O[C@H]1c2ccc(F)cc2C2[C@H]3CCC(C3)[C@H]21)(C(C)C)C(C)C. The summed E-state index contributed by atoms with van der Waals surface area (Å²) >= 11 is 0. The minimum absolute atomic E-state index is 0.0778. The van der Waals surface area contributed by atoms with E-state index in [1.165, 1.54) is 30.4 Å². The van der Waals surface area contributed by atoms with Crippen LogP contribution in [0.3, 0.4) is 0 Å². The van der Waals surface area contributed by atoms with E-state index in [2.05, 4.69) is 41.5 Å². The molecule has 0 aliphatic heterocycles. The molecule has 0 saturated heterocycles. The van der Waals surface area contributed by atoms with Gasteiger partial charge in [-0.25, -0.2) is 4.39 Å². The molecule has 1 aromatic carbocycles. The number of benzene rings is 1. The lowest BCUT2D eigenvalue weighted by Crippen LogP contribution is -2.49. The van der Waals surface area contributed by atoms with Gasteiger partial charge in [-0.3, -0.25) is 0 Å². The highest BCUT2D eigenvalue weighted by Crippen LogP contribution is 2.66. The van der Waals surface area contributed by atoms with Gasteiger partial charge in [0.25, 0.3) is 0 Å². The van der Waals surface area contributed by atoms with Gasteiger partial charge in [0, 0.05) is 0 Å². The zero-order valence-corrected chi connectivity index (χ0v) is 18.3. The maximum absolute atomic E-state index is 14.1. The van der Waals surface area contributed by atoms with Crippen molar-refractivity contribution in [1.29, 1.82) is 0 Å². The summed E-state index contributed by atoms with van der Waals surface area (Å²) in [6.45, 7) is 14.2. The maximum atomic E-state index is 14.1. The summed E-state index contributed by atoms with van der Waals surface area (Å²) in [7, 11) is -1.96. The first kappa shape index (κ1) is 18.7. The van der Waals surface area contributed by atoms with Gasteiger partial charge in [0.05, 0.1) is 6.10 Å². The second-order valence-electron chi connectivity index (χ2n) is 10.1. The first-order valence-corrected chi connectivity index (χ1v) is 12.9. The molecule has 0 spiro atoms. The highest BCUT2D eigenvalue weighted by molar-refractivity contribution is 6.77. The molecular weight excluding hydrogens is 339 g/mol. The van der Waals surface area contributed by atoms with Gasteiger partial charge in [-0.2, -0.15) is 0 Å². The highest BCUT2D eigenvalue weighted by atomic mass is 28.4. The number of rotatable bonds is 5. The Balaban J connectivity index is 1.78. The quantitative estimate of drug-likeness (QED) is 0.495. The van der Waals surface area contributed by atoms with Crippen molar-refractivity contribution < 1.29 is 8.82 Å². The van der Waals surface area contributed by atoms with Gasteiger partial charge >= 0.3 is 0 Å². The Morgan fingerprint density at radius 3 is 2.15 bits per heavy atom. The predicted octanol–water partition coefficient (Wildman–Crippen LogP) is 7.20. The zero-order chi connectivity index (χ0) is 18.8. The number of fused-ring (bicyclic) bond motifs is 7. The lowest BCUT2D eigenvalue weighted by atomic mass is 9.79. The van der Waals surface area contributed by atoms with Gasteiger partial charge < -0.3 is 4.43 Å². The summed E-state index contributed by atoms with van der Waals surface area (Å²) in [4.78, 5) is 0. The third-order valence-electron chi connectivity index (χ3n) is 8.08. The monoisotopic (exact) mass is 374 g/mol. The van der Waals surface area contributed by atoms with Crippen molar-refractivity contribution in [3.05, 3.63) is 35.1 Å². The largest absolute Gasteiger partial charge is 0.409 e. The van der Waals surface area contributed by atoms with Crippen LogP contribution in [0, 0.1) is 23.6 Å². The van der Waals surface area contributed by atoms with Gasteiger partial charge in [-0.05, 0) is 82.8 Å². The predicted molar refractivity (Wildman–Crippen MR) is 108 cm³/mol. The summed E-state index contributed by atoms with van der Waals surface area (Å²) < 4.78 is 21.4. The van der Waals surface area contributed by atoms with E-state index >= 15 is 0 Å². The third kappa shape index (κ3) is 2.49. The van der Waals surface area contributed by atoms with Crippen molar-refractivity contribution in [2.45, 2.75) is 89.5 Å². The van der Waals surface area contributed by atoms with E-state index < -0.39 is 8.32 Å². The van der Waals surface area contributed by atoms with Gasteiger partial charge in [0.1, 0.15) is 5.82 Å². The molecule has 3 aliphatic carbocycles. The van der Waals surface area contributed by atoms with Crippen LogP contribution >= 0.6 is 0 Å². The van der Waals surface area contributed by atoms with E-state index in [1.54, 1.807) is 6.07 Å². The number of hydrogen-bond donors (Lipinski definition) is 0. The van der Waals surface area contributed by atoms with E-state index in [1.807, 2.05) is 12.1 Å². The molecule has 0 heterocycles. The van der Waals surface area contributed by atoms with Crippen molar-refractivity contribution in [3.8, 4) is 0 Å². The molecule has 2 unspecified atom stereocenters. The average Bonchev–Trinajstić information content (AvgIpc) is 3.23. The molecule has 1 aromatic rings. The summed E-state index contributed by atoms with van der Waals surface area (Å²) in [5.41, 5.74) is 4.36. The molecule has 2 bridgehead atoms. The van der Waals surface area contributed by atoms with E-state index in [0.717, 1.165) is 11.8 Å². The van der Waals surface area contributed by atoms with Crippen molar-refractivity contribution >= 4 is 8.32 Å². The number of halogens is 1. The van der Waals surface area contributed by atoms with Gasteiger partial charge in [-0.15, -0.1) is 0 Å². The van der Waals surface area contributed by atoms with Crippen LogP contribution in [0.1, 0.15) is 84.0 Å². The zero-order valence-electron chi connectivity index (χ0n) is 17.3. The van der Waals surface area contributed by atoms with E-state index in [0.29, 0.717) is 28.5 Å². The fourth-order valence-electron chi connectivity index (χ4n) is 7.30. The summed E-state index contributed by atoms with van der Waals surface area (Å²) in [5.74, 6) is 2.60. The van der Waals surface area contributed by atoms with Crippen LogP contribution in [0.5, 0.6) is 0 Å². The maximum Gasteiger partial charge on any atom is 0.201 e. The summed E-state index contributed by atoms with van der Waals surface area (Å²) in [6.07, 6.45) is 4.21. The molecule has 144 valence electrons. The highest BCUT2D eigenvalue weighted by Gasteiger charge is 2.59. The first-order valence-electron chi connectivity index (χ1n) is 10.7. The molecule has 2 fully saturated rings. The fraction of sp³-hybridized carbons (Fsp3) is 0.739. The van der Waals surface area contributed by atoms with Gasteiger partial charge in [0.15, 0.2) is 0 Å². The van der Waals surface area contributed by atoms with Crippen LogP contribution in [0.25, 0.3) is 0 Å². The molecule has 26 heavy (non-hydrogen) atoms. The van der Waals surface area contributed by atoms with E-state index in [-0.39, 0.29) is 11.9 Å². The molecule has 4 rings (SSSR count). The molecule has 3 heteroatoms. The Morgan fingerprint density at radius 2 is 1.54 bits per heavy atom. The van der Waals surface area contributed by atoms with Crippen LogP contribution < -0.4 is 0 Å². The van der Waals surface area contributed by atoms with E-state index in [9.17, 15) is 4.39 Å². The Hall–Kier alpha value is -0.673. The lowest BCUT2D eigenvalue weighted by Gasteiger charge is -2.46. The second kappa shape index (κ2) is 6.44. The van der Waals surface area contributed by atoms with Crippen molar-refractivity contribution in [2.75, 3.05) is 0 Å². The molecule has 0 amide bonds. The smallest absolute Gasteiger partial charge is 0.201 e. The van der Waals surface area contributed by atoms with Crippen LogP contribution in [0.4, 0.5) is 4.39 Å². The normalized spacial score (nSPS) is 32.8. The molecule has 5 atom stereocenters.